The summed E-state index contributed by atoms with van der Waals surface area (Å²) in [6, 6.07) is 5.70. The van der Waals surface area contributed by atoms with Crippen LogP contribution in [0.3, 0.4) is 0 Å². The lowest BCUT2D eigenvalue weighted by molar-refractivity contribution is -0.121. The monoisotopic (exact) mass is 361 g/mol. The lowest BCUT2D eigenvalue weighted by Crippen LogP contribution is -2.32. The molecule has 0 fully saturated rings. The molecule has 8 nitrogen and oxygen atoms in total. The van der Waals surface area contributed by atoms with Crippen molar-refractivity contribution in [3.63, 3.8) is 0 Å². The number of fused-ring (bicyclic) bond motifs is 1. The summed E-state index contributed by atoms with van der Waals surface area (Å²) in [5, 5.41) is 2.63. The minimum absolute atomic E-state index is 0.0648. The minimum atomic E-state index is -0.770. The summed E-state index contributed by atoms with van der Waals surface area (Å²) in [6.07, 6.45) is 1.17. The lowest BCUT2D eigenvalue weighted by atomic mass is 10.2. The third-order valence-corrected chi connectivity index (χ3v) is 4.22. The number of carbonyl (C=O) groups excluding carboxylic acids is 2. The van der Waals surface area contributed by atoms with Crippen LogP contribution < -0.4 is 16.6 Å². The highest BCUT2D eigenvalue weighted by molar-refractivity contribution is 7.13. The summed E-state index contributed by atoms with van der Waals surface area (Å²) in [4.78, 5) is 39.5. The number of nitrogens with two attached hydrogens (primary N) is 1. The minimum Gasteiger partial charge on any atom is -0.364 e. The fraction of sp³-hybridized carbons (Fsp3) is 0.133. The molecule has 0 aliphatic heterocycles. The predicted octanol–water partition coefficient (Wildman–Crippen LogP) is 0.407. The van der Waals surface area contributed by atoms with Gasteiger partial charge in [0.1, 0.15) is 22.6 Å². The number of primary amides is 1. The number of hydrogen-bond acceptors (Lipinski definition) is 6. The Morgan fingerprint density at radius 2 is 2.00 bits per heavy atom. The quantitative estimate of drug-likeness (QED) is 0.682. The molecule has 2 aromatic heterocycles. The van der Waals surface area contributed by atoms with E-state index in [4.69, 9.17) is 5.73 Å². The number of amides is 2. The number of benzene rings is 1. The van der Waals surface area contributed by atoms with Gasteiger partial charge in [-0.25, -0.2) is 9.37 Å². The van der Waals surface area contributed by atoms with Crippen molar-refractivity contribution in [1.29, 1.82) is 0 Å². The average molecular weight is 361 g/mol. The van der Waals surface area contributed by atoms with Gasteiger partial charge in [0, 0.05) is 6.54 Å². The van der Waals surface area contributed by atoms with E-state index in [0.717, 1.165) is 21.7 Å². The van der Waals surface area contributed by atoms with Crippen LogP contribution in [0.2, 0.25) is 0 Å². The van der Waals surface area contributed by atoms with Gasteiger partial charge < -0.3 is 11.1 Å². The number of carbonyl (C=O) groups is 2. The van der Waals surface area contributed by atoms with Crippen LogP contribution in [0.1, 0.15) is 16.1 Å². The van der Waals surface area contributed by atoms with Crippen LogP contribution in [0.5, 0.6) is 0 Å². The highest BCUT2D eigenvalue weighted by Gasteiger charge is 2.17. The van der Waals surface area contributed by atoms with Gasteiger partial charge in [0.05, 0.1) is 6.33 Å². The van der Waals surface area contributed by atoms with Crippen molar-refractivity contribution in [2.75, 3.05) is 0 Å². The van der Waals surface area contributed by atoms with E-state index in [0.29, 0.717) is 0 Å². The first-order chi connectivity index (χ1) is 12.0. The van der Waals surface area contributed by atoms with E-state index in [1.54, 1.807) is 12.1 Å². The Morgan fingerprint density at radius 3 is 2.68 bits per heavy atom. The Kier molecular flexibility index (Phi) is 4.52. The van der Waals surface area contributed by atoms with Crippen molar-refractivity contribution in [3.05, 3.63) is 58.0 Å². The third kappa shape index (κ3) is 3.53. The number of halogens is 1. The summed E-state index contributed by atoms with van der Waals surface area (Å²) >= 11 is 0.808. The standard InChI is InChI=1S/C15H12FN5O3S/c16-9-3-1-8(2-4-9)5-18-10(22)6-21-7-19-11-12(14(17)23)20-25-13(11)15(21)24/h1-4,7H,5-6H2,(H2,17,23)(H,18,22). The first kappa shape index (κ1) is 16.7. The van der Waals surface area contributed by atoms with Crippen LogP contribution in [-0.4, -0.2) is 25.7 Å². The summed E-state index contributed by atoms with van der Waals surface area (Å²) in [7, 11) is 0. The molecule has 0 saturated carbocycles. The van der Waals surface area contributed by atoms with E-state index >= 15 is 0 Å². The number of nitrogens with zero attached hydrogens (tertiary/aromatic N) is 3. The third-order valence-electron chi connectivity index (χ3n) is 3.40. The normalized spacial score (nSPS) is 10.8. The number of nitrogens with one attached hydrogen (secondary N) is 1. The SMILES string of the molecule is NC(=O)c1nsc2c(=O)n(CC(=O)NCc3ccc(F)cc3)cnc12. The van der Waals surface area contributed by atoms with Crippen molar-refractivity contribution >= 4 is 33.6 Å². The van der Waals surface area contributed by atoms with Gasteiger partial charge in [-0.1, -0.05) is 12.1 Å². The first-order valence-corrected chi connectivity index (χ1v) is 7.89. The number of hydrogen-bond donors (Lipinski definition) is 2. The number of rotatable bonds is 5. The van der Waals surface area contributed by atoms with Crippen molar-refractivity contribution in [1.82, 2.24) is 19.2 Å². The topological polar surface area (TPSA) is 120 Å². The summed E-state index contributed by atoms with van der Waals surface area (Å²) < 4.78 is 17.9. The van der Waals surface area contributed by atoms with Crippen LogP contribution in [-0.2, 0) is 17.9 Å². The number of aromatic nitrogens is 3. The van der Waals surface area contributed by atoms with Gasteiger partial charge >= 0.3 is 0 Å². The molecule has 10 heteroatoms. The second kappa shape index (κ2) is 6.77. The van der Waals surface area contributed by atoms with Crippen molar-refractivity contribution in [3.8, 4) is 0 Å². The van der Waals surface area contributed by atoms with Gasteiger partial charge in [0.25, 0.3) is 11.5 Å². The van der Waals surface area contributed by atoms with Crippen molar-refractivity contribution in [2.45, 2.75) is 13.1 Å². The molecular formula is C15H12FN5O3S. The molecule has 3 aromatic rings. The van der Waals surface area contributed by atoms with Gasteiger partial charge in [-0.05, 0) is 29.2 Å². The zero-order valence-electron chi connectivity index (χ0n) is 12.7. The molecule has 0 unspecified atom stereocenters. The van der Waals surface area contributed by atoms with E-state index in [-0.39, 0.29) is 34.8 Å². The maximum Gasteiger partial charge on any atom is 0.273 e. The Bertz CT molecular complexity index is 1010. The molecule has 2 amide bonds. The summed E-state index contributed by atoms with van der Waals surface area (Å²) in [5.74, 6) is -1.54. The van der Waals surface area contributed by atoms with Crippen LogP contribution in [0, 0.1) is 5.82 Å². The lowest BCUT2D eigenvalue weighted by Gasteiger charge is -2.07. The van der Waals surface area contributed by atoms with Gasteiger partial charge in [-0.15, -0.1) is 0 Å². The van der Waals surface area contributed by atoms with Gasteiger partial charge in [-0.2, -0.15) is 4.37 Å². The molecule has 0 aliphatic rings. The Morgan fingerprint density at radius 1 is 1.28 bits per heavy atom. The van der Waals surface area contributed by atoms with E-state index in [2.05, 4.69) is 14.7 Å². The predicted molar refractivity (Wildman–Crippen MR) is 88.4 cm³/mol. The molecule has 0 spiro atoms. The molecule has 0 saturated heterocycles. The fourth-order valence-electron chi connectivity index (χ4n) is 2.14. The fourth-order valence-corrected chi connectivity index (χ4v) is 2.93. The first-order valence-electron chi connectivity index (χ1n) is 7.11. The van der Waals surface area contributed by atoms with Gasteiger partial charge in [0.15, 0.2) is 5.69 Å². The summed E-state index contributed by atoms with van der Waals surface area (Å²) in [5.41, 5.74) is 5.48. The molecular weight excluding hydrogens is 349 g/mol. The molecule has 0 atom stereocenters. The van der Waals surface area contributed by atoms with Gasteiger partial charge in [0.2, 0.25) is 5.91 Å². The molecule has 0 bridgehead atoms. The van der Waals surface area contributed by atoms with E-state index in [9.17, 15) is 18.8 Å². The van der Waals surface area contributed by atoms with Crippen molar-refractivity contribution in [2.24, 2.45) is 5.73 Å². The summed E-state index contributed by atoms with van der Waals surface area (Å²) in [6.45, 7) is -0.0390. The largest absolute Gasteiger partial charge is 0.364 e. The Hall–Kier alpha value is -3.14. The van der Waals surface area contributed by atoms with Crippen LogP contribution in [0.15, 0.2) is 35.4 Å². The van der Waals surface area contributed by atoms with Crippen LogP contribution in [0.4, 0.5) is 4.39 Å². The zero-order valence-corrected chi connectivity index (χ0v) is 13.5. The molecule has 1 aromatic carbocycles. The molecule has 3 rings (SSSR count). The second-order valence-electron chi connectivity index (χ2n) is 5.15. The Labute approximate surface area is 144 Å². The van der Waals surface area contributed by atoms with E-state index in [1.807, 2.05) is 0 Å². The molecule has 0 aliphatic carbocycles. The highest BCUT2D eigenvalue weighted by atomic mass is 32.1. The van der Waals surface area contributed by atoms with Crippen molar-refractivity contribution < 1.29 is 14.0 Å². The van der Waals surface area contributed by atoms with Crippen LogP contribution in [0.25, 0.3) is 10.2 Å². The molecule has 25 heavy (non-hydrogen) atoms. The highest BCUT2D eigenvalue weighted by Crippen LogP contribution is 2.15. The van der Waals surface area contributed by atoms with Crippen LogP contribution >= 0.6 is 11.5 Å². The molecule has 128 valence electrons. The maximum absolute atomic E-state index is 12.8. The molecule has 0 radical (unpaired) electrons. The zero-order chi connectivity index (χ0) is 18.0. The van der Waals surface area contributed by atoms with Gasteiger partial charge in [-0.3, -0.25) is 19.0 Å². The second-order valence-corrected chi connectivity index (χ2v) is 5.93. The van der Waals surface area contributed by atoms with E-state index in [1.165, 1.54) is 18.5 Å². The molecule has 2 heterocycles. The Balaban J connectivity index is 1.73. The average Bonchev–Trinajstić information content (AvgIpc) is 3.02. The maximum atomic E-state index is 12.8. The smallest absolute Gasteiger partial charge is 0.273 e. The molecule has 3 N–H and O–H groups in total. The van der Waals surface area contributed by atoms with E-state index < -0.39 is 17.4 Å².